The molecule has 94 valence electrons. The van der Waals surface area contributed by atoms with E-state index in [-0.39, 0.29) is 18.0 Å². The molecule has 0 unspecified atom stereocenters. The van der Waals surface area contributed by atoms with Gasteiger partial charge in [-0.05, 0) is 24.6 Å². The Morgan fingerprint density at radius 3 is 2.59 bits per heavy atom. The summed E-state index contributed by atoms with van der Waals surface area (Å²) in [5, 5.41) is 12.8. The SMILES string of the molecule is CN[C@@H]1Cc2ccccc2[C@@](O)(C(F)(F)F)C1. The molecule has 1 aliphatic rings. The Kier molecular flexibility index (Phi) is 2.91. The van der Waals surface area contributed by atoms with Crippen LogP contribution in [0, 0.1) is 0 Å². The van der Waals surface area contributed by atoms with Crippen LogP contribution in [0.5, 0.6) is 0 Å². The molecule has 0 bridgehead atoms. The van der Waals surface area contributed by atoms with E-state index in [2.05, 4.69) is 5.32 Å². The smallest absolute Gasteiger partial charge is 0.376 e. The monoisotopic (exact) mass is 245 g/mol. The topological polar surface area (TPSA) is 32.3 Å². The summed E-state index contributed by atoms with van der Waals surface area (Å²) in [6, 6.07) is 5.84. The third-order valence-corrected chi connectivity index (χ3v) is 3.35. The van der Waals surface area contributed by atoms with Gasteiger partial charge in [0.05, 0.1) is 0 Å². The summed E-state index contributed by atoms with van der Waals surface area (Å²) in [5.41, 5.74) is -2.20. The van der Waals surface area contributed by atoms with E-state index in [1.807, 2.05) is 0 Å². The molecule has 17 heavy (non-hydrogen) atoms. The molecule has 0 aromatic heterocycles. The zero-order valence-electron chi connectivity index (χ0n) is 9.38. The first kappa shape index (κ1) is 12.4. The number of alkyl halides is 3. The van der Waals surface area contributed by atoms with Crippen molar-refractivity contribution < 1.29 is 18.3 Å². The second kappa shape index (κ2) is 3.99. The van der Waals surface area contributed by atoms with E-state index in [0.717, 1.165) is 0 Å². The zero-order chi connectivity index (χ0) is 12.7. The molecule has 0 fully saturated rings. The summed E-state index contributed by atoms with van der Waals surface area (Å²) in [6.07, 6.45) is -4.49. The number of halogens is 3. The van der Waals surface area contributed by atoms with Gasteiger partial charge in [-0.15, -0.1) is 0 Å². The van der Waals surface area contributed by atoms with Gasteiger partial charge >= 0.3 is 6.18 Å². The van der Waals surface area contributed by atoms with E-state index < -0.39 is 11.8 Å². The second-order valence-corrected chi connectivity index (χ2v) is 4.41. The van der Waals surface area contributed by atoms with Gasteiger partial charge in [-0.25, -0.2) is 0 Å². The highest BCUT2D eigenvalue weighted by molar-refractivity contribution is 5.37. The number of likely N-dealkylation sites (N-methyl/N-ethyl adjacent to an activating group) is 1. The van der Waals surface area contributed by atoms with Crippen molar-refractivity contribution in [1.82, 2.24) is 5.32 Å². The lowest BCUT2D eigenvalue weighted by Gasteiger charge is -2.39. The van der Waals surface area contributed by atoms with Gasteiger partial charge < -0.3 is 10.4 Å². The highest BCUT2D eigenvalue weighted by Gasteiger charge is 2.57. The van der Waals surface area contributed by atoms with E-state index in [0.29, 0.717) is 12.0 Å². The number of rotatable bonds is 1. The minimum absolute atomic E-state index is 0.0148. The average Bonchev–Trinajstić information content (AvgIpc) is 2.27. The first-order valence-corrected chi connectivity index (χ1v) is 5.43. The van der Waals surface area contributed by atoms with Crippen LogP contribution in [0.25, 0.3) is 0 Å². The highest BCUT2D eigenvalue weighted by Crippen LogP contribution is 2.46. The van der Waals surface area contributed by atoms with Crippen LogP contribution in [-0.2, 0) is 12.0 Å². The van der Waals surface area contributed by atoms with Gasteiger partial charge in [0, 0.05) is 12.5 Å². The first-order valence-electron chi connectivity index (χ1n) is 5.43. The van der Waals surface area contributed by atoms with Crippen molar-refractivity contribution in [2.24, 2.45) is 0 Å². The summed E-state index contributed by atoms with van der Waals surface area (Å²) in [6.45, 7) is 0. The van der Waals surface area contributed by atoms with Crippen molar-refractivity contribution in [3.63, 3.8) is 0 Å². The lowest BCUT2D eigenvalue weighted by atomic mass is 9.76. The largest absolute Gasteiger partial charge is 0.421 e. The molecule has 0 amide bonds. The van der Waals surface area contributed by atoms with Gasteiger partial charge in [-0.2, -0.15) is 13.2 Å². The van der Waals surface area contributed by atoms with Crippen molar-refractivity contribution >= 4 is 0 Å². The van der Waals surface area contributed by atoms with Crippen LogP contribution in [-0.4, -0.2) is 24.4 Å². The Bertz CT molecular complexity index is 418. The molecule has 0 radical (unpaired) electrons. The Morgan fingerprint density at radius 1 is 1.35 bits per heavy atom. The molecule has 2 rings (SSSR count). The van der Waals surface area contributed by atoms with Crippen molar-refractivity contribution in [2.75, 3.05) is 7.05 Å². The lowest BCUT2D eigenvalue weighted by Crippen LogP contribution is -2.51. The molecular formula is C12H14F3NO. The van der Waals surface area contributed by atoms with Crippen molar-refractivity contribution in [2.45, 2.75) is 30.7 Å². The molecule has 0 saturated carbocycles. The number of nitrogens with one attached hydrogen (secondary N) is 1. The zero-order valence-corrected chi connectivity index (χ0v) is 9.38. The summed E-state index contributed by atoms with van der Waals surface area (Å²) in [4.78, 5) is 0. The fraction of sp³-hybridized carbons (Fsp3) is 0.500. The molecule has 0 spiro atoms. The predicted octanol–water partition coefficient (Wildman–Crippen LogP) is 1.97. The van der Waals surface area contributed by atoms with E-state index in [1.54, 1.807) is 19.2 Å². The highest BCUT2D eigenvalue weighted by atomic mass is 19.4. The predicted molar refractivity (Wildman–Crippen MR) is 57.6 cm³/mol. The maximum Gasteiger partial charge on any atom is 0.421 e. The van der Waals surface area contributed by atoms with E-state index in [9.17, 15) is 18.3 Å². The van der Waals surface area contributed by atoms with Gasteiger partial charge in [0.25, 0.3) is 0 Å². The fourth-order valence-electron chi connectivity index (χ4n) is 2.38. The van der Waals surface area contributed by atoms with E-state index in [1.165, 1.54) is 12.1 Å². The maximum absolute atomic E-state index is 13.0. The van der Waals surface area contributed by atoms with Crippen LogP contribution in [0.3, 0.4) is 0 Å². The summed E-state index contributed by atoms with van der Waals surface area (Å²) in [7, 11) is 1.61. The van der Waals surface area contributed by atoms with E-state index >= 15 is 0 Å². The Hall–Kier alpha value is -1.07. The number of benzene rings is 1. The normalized spacial score (nSPS) is 28.9. The molecule has 1 aromatic carbocycles. The number of hydrogen-bond donors (Lipinski definition) is 2. The van der Waals surface area contributed by atoms with Gasteiger partial charge in [0.15, 0.2) is 5.60 Å². The van der Waals surface area contributed by atoms with Gasteiger partial charge in [0.1, 0.15) is 0 Å². The third kappa shape index (κ3) is 1.93. The molecule has 2 atom stereocenters. The van der Waals surface area contributed by atoms with Crippen molar-refractivity contribution in [1.29, 1.82) is 0 Å². The molecule has 0 saturated heterocycles. The first-order chi connectivity index (χ1) is 7.88. The minimum atomic E-state index is -4.65. The van der Waals surface area contributed by atoms with Gasteiger partial charge in [0.2, 0.25) is 0 Å². The van der Waals surface area contributed by atoms with E-state index in [4.69, 9.17) is 0 Å². The molecule has 2 N–H and O–H groups in total. The molecule has 1 aliphatic carbocycles. The van der Waals surface area contributed by atoms with Crippen LogP contribution in [0.2, 0.25) is 0 Å². The maximum atomic E-state index is 13.0. The number of hydrogen-bond acceptors (Lipinski definition) is 2. The van der Waals surface area contributed by atoms with Gasteiger partial charge in [-0.3, -0.25) is 0 Å². The second-order valence-electron chi connectivity index (χ2n) is 4.41. The van der Waals surface area contributed by atoms with Crippen LogP contribution in [0.15, 0.2) is 24.3 Å². The molecule has 1 aromatic rings. The standard InChI is InChI=1S/C12H14F3NO/c1-16-9-6-8-4-2-3-5-10(8)11(17,7-9)12(13,14)15/h2-5,9,16-17H,6-7H2,1H3/t9-,11-/m1/s1. The van der Waals surface area contributed by atoms with Crippen LogP contribution in [0.1, 0.15) is 17.5 Å². The molecule has 2 nitrogen and oxygen atoms in total. The minimum Gasteiger partial charge on any atom is -0.376 e. The van der Waals surface area contributed by atoms with Crippen LogP contribution >= 0.6 is 0 Å². The summed E-state index contributed by atoms with van der Waals surface area (Å²) >= 11 is 0. The fourth-order valence-corrected chi connectivity index (χ4v) is 2.38. The number of aliphatic hydroxyl groups is 1. The molecule has 0 heterocycles. The molecular weight excluding hydrogens is 231 g/mol. The average molecular weight is 245 g/mol. The summed E-state index contributed by atoms with van der Waals surface area (Å²) < 4.78 is 39.1. The van der Waals surface area contributed by atoms with Crippen LogP contribution < -0.4 is 5.32 Å². The van der Waals surface area contributed by atoms with Gasteiger partial charge in [-0.1, -0.05) is 24.3 Å². The third-order valence-electron chi connectivity index (χ3n) is 3.35. The van der Waals surface area contributed by atoms with Crippen molar-refractivity contribution in [3.8, 4) is 0 Å². The molecule has 0 aliphatic heterocycles. The van der Waals surface area contributed by atoms with Crippen LogP contribution in [0.4, 0.5) is 13.2 Å². The van der Waals surface area contributed by atoms with Crippen molar-refractivity contribution in [3.05, 3.63) is 35.4 Å². The Labute approximate surface area is 97.5 Å². The number of fused-ring (bicyclic) bond motifs is 1. The Balaban J connectivity index is 2.53. The quantitative estimate of drug-likeness (QED) is 0.792. The molecule has 5 heteroatoms. The summed E-state index contributed by atoms with van der Waals surface area (Å²) in [5.74, 6) is 0. The lowest BCUT2D eigenvalue weighted by molar-refractivity contribution is -0.273. The Morgan fingerprint density at radius 2 is 2.00 bits per heavy atom.